The number of hydrogen-bond donors (Lipinski definition) is 1. The first-order valence-corrected chi connectivity index (χ1v) is 5.07. The van der Waals surface area contributed by atoms with Crippen molar-refractivity contribution in [2.75, 3.05) is 5.32 Å². The van der Waals surface area contributed by atoms with Crippen molar-refractivity contribution in [2.24, 2.45) is 0 Å². The van der Waals surface area contributed by atoms with Gasteiger partial charge in [-0.3, -0.25) is 9.97 Å². The number of pyridine rings is 1. The van der Waals surface area contributed by atoms with Crippen molar-refractivity contribution >= 4 is 5.82 Å². The van der Waals surface area contributed by atoms with E-state index in [0.717, 1.165) is 0 Å². The zero-order chi connectivity index (χ0) is 13.0. The van der Waals surface area contributed by atoms with Gasteiger partial charge >= 0.3 is 6.18 Å². The molecule has 0 saturated heterocycles. The molecule has 2 heterocycles. The zero-order valence-corrected chi connectivity index (χ0v) is 9.09. The van der Waals surface area contributed by atoms with E-state index >= 15 is 0 Å². The summed E-state index contributed by atoms with van der Waals surface area (Å²) in [5.74, 6) is 0.0467. The molecule has 0 saturated carbocycles. The van der Waals surface area contributed by atoms with Crippen LogP contribution >= 0.6 is 0 Å². The Morgan fingerprint density at radius 3 is 2.44 bits per heavy atom. The van der Waals surface area contributed by atoms with Gasteiger partial charge in [0.25, 0.3) is 0 Å². The van der Waals surface area contributed by atoms with Gasteiger partial charge < -0.3 is 5.32 Å². The van der Waals surface area contributed by atoms with E-state index in [9.17, 15) is 13.2 Å². The summed E-state index contributed by atoms with van der Waals surface area (Å²) in [5.41, 5.74) is -0.115. The minimum Gasteiger partial charge on any atom is -0.353 e. The molecule has 94 valence electrons. The van der Waals surface area contributed by atoms with Crippen LogP contribution in [-0.2, 0) is 0 Å². The third-order valence-corrected chi connectivity index (χ3v) is 2.17. The average Bonchev–Trinajstić information content (AvgIpc) is 2.37. The molecule has 1 N–H and O–H groups in total. The van der Waals surface area contributed by atoms with Gasteiger partial charge in [-0.05, 0) is 12.1 Å². The van der Waals surface area contributed by atoms with Gasteiger partial charge in [-0.2, -0.15) is 13.2 Å². The topological polar surface area (TPSA) is 50.7 Å². The van der Waals surface area contributed by atoms with Crippen LogP contribution in [0.5, 0.6) is 0 Å². The summed E-state index contributed by atoms with van der Waals surface area (Å²) >= 11 is 0. The maximum Gasteiger partial charge on any atom is 0.414 e. The number of rotatable bonds is 3. The fraction of sp³-hybridized carbons (Fsp3) is 0.182. The van der Waals surface area contributed by atoms with Gasteiger partial charge in [-0.25, -0.2) is 4.98 Å². The van der Waals surface area contributed by atoms with Crippen LogP contribution in [-0.4, -0.2) is 21.1 Å². The van der Waals surface area contributed by atoms with Crippen molar-refractivity contribution in [3.63, 3.8) is 0 Å². The standard InChI is InChI=1S/C11H9F3N4/c12-11(13,14)10(8-3-1-2-4-16-8)18-9-7-15-5-6-17-9/h1-7,10H,(H,17,18). The lowest BCUT2D eigenvalue weighted by atomic mass is 10.2. The van der Waals surface area contributed by atoms with Crippen molar-refractivity contribution in [1.82, 2.24) is 15.0 Å². The highest BCUT2D eigenvalue weighted by atomic mass is 19.4. The van der Waals surface area contributed by atoms with Crippen molar-refractivity contribution in [3.8, 4) is 0 Å². The van der Waals surface area contributed by atoms with E-state index in [2.05, 4.69) is 20.3 Å². The van der Waals surface area contributed by atoms with E-state index in [1.54, 1.807) is 6.07 Å². The summed E-state index contributed by atoms with van der Waals surface area (Å²) in [6.45, 7) is 0. The zero-order valence-electron chi connectivity index (χ0n) is 9.09. The molecular weight excluding hydrogens is 245 g/mol. The SMILES string of the molecule is FC(F)(F)C(Nc1cnccn1)c1ccccn1. The molecule has 0 aromatic carbocycles. The van der Waals surface area contributed by atoms with Crippen molar-refractivity contribution in [2.45, 2.75) is 12.2 Å². The van der Waals surface area contributed by atoms with E-state index in [1.165, 1.54) is 36.9 Å². The quantitative estimate of drug-likeness (QED) is 0.914. The van der Waals surface area contributed by atoms with E-state index in [-0.39, 0.29) is 11.5 Å². The Bertz CT molecular complexity index is 487. The number of aromatic nitrogens is 3. The summed E-state index contributed by atoms with van der Waals surface area (Å²) < 4.78 is 38.8. The van der Waals surface area contributed by atoms with Gasteiger partial charge in [-0.1, -0.05) is 6.07 Å². The Morgan fingerprint density at radius 2 is 1.89 bits per heavy atom. The van der Waals surface area contributed by atoms with Crippen LogP contribution in [0.15, 0.2) is 43.0 Å². The van der Waals surface area contributed by atoms with Crippen LogP contribution < -0.4 is 5.32 Å². The largest absolute Gasteiger partial charge is 0.414 e. The molecule has 2 rings (SSSR count). The summed E-state index contributed by atoms with van der Waals surface area (Å²) in [6, 6.07) is 2.45. The smallest absolute Gasteiger partial charge is 0.353 e. The summed E-state index contributed by atoms with van der Waals surface area (Å²) in [5, 5.41) is 2.27. The molecule has 7 heteroatoms. The van der Waals surface area contributed by atoms with Crippen LogP contribution in [0.25, 0.3) is 0 Å². The normalized spacial score (nSPS) is 13.1. The van der Waals surface area contributed by atoms with Crippen LogP contribution in [0, 0.1) is 0 Å². The van der Waals surface area contributed by atoms with Crippen molar-refractivity contribution < 1.29 is 13.2 Å². The number of anilines is 1. The molecule has 2 aromatic heterocycles. The lowest BCUT2D eigenvalue weighted by Crippen LogP contribution is -2.29. The number of halogens is 3. The second-order valence-corrected chi connectivity index (χ2v) is 3.46. The number of alkyl halides is 3. The molecule has 1 atom stereocenters. The van der Waals surface area contributed by atoms with Crippen molar-refractivity contribution in [1.29, 1.82) is 0 Å². The monoisotopic (exact) mass is 254 g/mol. The molecule has 0 spiro atoms. The highest BCUT2D eigenvalue weighted by Gasteiger charge is 2.42. The van der Waals surface area contributed by atoms with E-state index in [1.807, 2.05) is 0 Å². The van der Waals surface area contributed by atoms with Gasteiger partial charge in [-0.15, -0.1) is 0 Å². The second kappa shape index (κ2) is 4.99. The van der Waals surface area contributed by atoms with Gasteiger partial charge in [0.1, 0.15) is 5.82 Å². The molecule has 1 unspecified atom stereocenters. The number of nitrogens with one attached hydrogen (secondary N) is 1. The van der Waals surface area contributed by atoms with Gasteiger partial charge in [0.15, 0.2) is 6.04 Å². The predicted octanol–water partition coefficient (Wildman–Crippen LogP) is 2.59. The van der Waals surface area contributed by atoms with Gasteiger partial charge in [0, 0.05) is 18.6 Å². The van der Waals surface area contributed by atoms with Gasteiger partial charge in [0.05, 0.1) is 11.9 Å². The van der Waals surface area contributed by atoms with E-state index in [0.29, 0.717) is 0 Å². The minimum atomic E-state index is -4.47. The van der Waals surface area contributed by atoms with Crippen LogP contribution in [0.4, 0.5) is 19.0 Å². The molecular formula is C11H9F3N4. The summed E-state index contributed by atoms with van der Waals surface area (Å²) in [7, 11) is 0. The molecule has 0 fully saturated rings. The molecule has 0 aliphatic rings. The van der Waals surface area contributed by atoms with Crippen molar-refractivity contribution in [3.05, 3.63) is 48.7 Å². The number of hydrogen-bond acceptors (Lipinski definition) is 4. The molecule has 0 amide bonds. The Hall–Kier alpha value is -2.18. The fourth-order valence-electron chi connectivity index (χ4n) is 1.39. The lowest BCUT2D eigenvalue weighted by molar-refractivity contribution is -0.144. The maximum atomic E-state index is 12.9. The predicted molar refractivity (Wildman–Crippen MR) is 58.7 cm³/mol. The van der Waals surface area contributed by atoms with Crippen LogP contribution in [0.3, 0.4) is 0 Å². The molecule has 0 radical (unpaired) electrons. The summed E-state index contributed by atoms with van der Waals surface area (Å²) in [4.78, 5) is 11.2. The highest BCUT2D eigenvalue weighted by Crippen LogP contribution is 2.33. The minimum absolute atomic E-state index is 0.0467. The average molecular weight is 254 g/mol. The molecule has 18 heavy (non-hydrogen) atoms. The first kappa shape index (κ1) is 12.3. The van der Waals surface area contributed by atoms with Crippen LogP contribution in [0.1, 0.15) is 11.7 Å². The third-order valence-electron chi connectivity index (χ3n) is 2.17. The van der Waals surface area contributed by atoms with E-state index in [4.69, 9.17) is 0 Å². The molecule has 4 nitrogen and oxygen atoms in total. The Kier molecular flexibility index (Phi) is 3.40. The molecule has 0 aliphatic heterocycles. The second-order valence-electron chi connectivity index (χ2n) is 3.46. The molecule has 2 aromatic rings. The third kappa shape index (κ3) is 2.93. The Morgan fingerprint density at radius 1 is 1.06 bits per heavy atom. The Labute approximate surface area is 101 Å². The maximum absolute atomic E-state index is 12.9. The summed E-state index contributed by atoms with van der Waals surface area (Å²) in [6.07, 6.45) is 0.767. The van der Waals surface area contributed by atoms with E-state index < -0.39 is 12.2 Å². The molecule has 0 bridgehead atoms. The first-order chi connectivity index (χ1) is 8.57. The highest BCUT2D eigenvalue weighted by molar-refractivity contribution is 5.34. The molecule has 0 aliphatic carbocycles. The first-order valence-electron chi connectivity index (χ1n) is 5.07. The lowest BCUT2D eigenvalue weighted by Gasteiger charge is -2.21. The fourth-order valence-corrected chi connectivity index (χ4v) is 1.39. The van der Waals surface area contributed by atoms with Crippen LogP contribution in [0.2, 0.25) is 0 Å². The van der Waals surface area contributed by atoms with Gasteiger partial charge in [0.2, 0.25) is 0 Å². The Balaban J connectivity index is 2.28. The number of nitrogens with zero attached hydrogens (tertiary/aromatic N) is 3.